The van der Waals surface area contributed by atoms with Gasteiger partial charge in [-0.1, -0.05) is 18.2 Å². The molecule has 1 aliphatic heterocycles. The number of guanidine groups is 1. The van der Waals surface area contributed by atoms with Crippen LogP contribution in [-0.2, 0) is 6.54 Å². The summed E-state index contributed by atoms with van der Waals surface area (Å²) in [5, 5.41) is 6.42. The van der Waals surface area contributed by atoms with Crippen LogP contribution in [0.4, 0.5) is 13.2 Å². The fourth-order valence-electron chi connectivity index (χ4n) is 3.00. The summed E-state index contributed by atoms with van der Waals surface area (Å²) in [6.07, 6.45) is -2.69. The van der Waals surface area contributed by atoms with E-state index in [9.17, 15) is 13.2 Å². The molecule has 5 nitrogen and oxygen atoms in total. The van der Waals surface area contributed by atoms with E-state index in [1.54, 1.807) is 19.2 Å². The topological polar surface area (TPSA) is 48.9 Å². The van der Waals surface area contributed by atoms with Crippen LogP contribution in [0.1, 0.15) is 32.3 Å². The van der Waals surface area contributed by atoms with Gasteiger partial charge in [-0.25, -0.2) is 0 Å². The Morgan fingerprint density at radius 1 is 1.27 bits per heavy atom. The van der Waals surface area contributed by atoms with Crippen LogP contribution in [0, 0.1) is 0 Å². The van der Waals surface area contributed by atoms with E-state index < -0.39 is 6.36 Å². The highest BCUT2D eigenvalue weighted by Gasteiger charge is 2.32. The second-order valence-electron chi connectivity index (χ2n) is 6.63. The van der Waals surface area contributed by atoms with Crippen molar-refractivity contribution in [3.05, 3.63) is 29.8 Å². The van der Waals surface area contributed by atoms with Gasteiger partial charge in [-0.05, 0) is 32.8 Å². The van der Waals surface area contributed by atoms with E-state index in [0.717, 1.165) is 25.9 Å². The molecular formula is C18H27F3N4O. The zero-order valence-corrected chi connectivity index (χ0v) is 15.4. The Morgan fingerprint density at radius 3 is 2.50 bits per heavy atom. The summed E-state index contributed by atoms with van der Waals surface area (Å²) in [6, 6.07) is 6.94. The minimum atomic E-state index is -4.71. The van der Waals surface area contributed by atoms with Crippen LogP contribution in [0.5, 0.6) is 5.75 Å². The van der Waals surface area contributed by atoms with E-state index in [1.165, 1.54) is 12.1 Å². The number of likely N-dealkylation sites (tertiary alicyclic amines) is 1. The molecule has 1 aromatic rings. The molecule has 0 unspecified atom stereocenters. The Morgan fingerprint density at radius 2 is 1.92 bits per heavy atom. The third-order valence-electron chi connectivity index (χ3n) is 4.47. The predicted molar refractivity (Wildman–Crippen MR) is 96.2 cm³/mol. The molecule has 1 fully saturated rings. The summed E-state index contributed by atoms with van der Waals surface area (Å²) in [6.45, 7) is 6.61. The molecule has 1 heterocycles. The average Bonchev–Trinajstić information content (AvgIpc) is 2.58. The molecule has 1 aliphatic rings. The summed E-state index contributed by atoms with van der Waals surface area (Å²) in [7, 11) is 1.65. The van der Waals surface area contributed by atoms with E-state index >= 15 is 0 Å². The monoisotopic (exact) mass is 372 g/mol. The van der Waals surface area contributed by atoms with Crippen LogP contribution in [0.2, 0.25) is 0 Å². The fourth-order valence-corrected chi connectivity index (χ4v) is 3.00. The van der Waals surface area contributed by atoms with Crippen LogP contribution in [0.25, 0.3) is 0 Å². The molecule has 0 aromatic heterocycles. The van der Waals surface area contributed by atoms with Gasteiger partial charge in [0, 0.05) is 44.3 Å². The van der Waals surface area contributed by atoms with Crippen LogP contribution in [0.15, 0.2) is 29.3 Å². The zero-order valence-electron chi connectivity index (χ0n) is 15.4. The Balaban J connectivity index is 1.88. The van der Waals surface area contributed by atoms with Gasteiger partial charge in [0.1, 0.15) is 5.75 Å². The number of benzene rings is 1. The number of piperidine rings is 1. The molecule has 146 valence electrons. The first-order valence-corrected chi connectivity index (χ1v) is 8.83. The zero-order chi connectivity index (χ0) is 19.2. The van der Waals surface area contributed by atoms with Crippen molar-refractivity contribution in [1.82, 2.24) is 15.5 Å². The van der Waals surface area contributed by atoms with Crippen LogP contribution in [-0.4, -0.2) is 49.4 Å². The van der Waals surface area contributed by atoms with E-state index in [1.807, 2.05) is 0 Å². The van der Waals surface area contributed by atoms with Gasteiger partial charge in [-0.3, -0.25) is 4.99 Å². The third kappa shape index (κ3) is 6.40. The summed E-state index contributed by atoms with van der Waals surface area (Å²) in [5.74, 6) is 0.378. The van der Waals surface area contributed by atoms with Gasteiger partial charge in [-0.15, -0.1) is 13.2 Å². The number of hydrogen-bond acceptors (Lipinski definition) is 3. The lowest BCUT2D eigenvalue weighted by Gasteiger charge is -2.35. The number of ether oxygens (including phenoxy) is 1. The predicted octanol–water partition coefficient (Wildman–Crippen LogP) is 3.12. The number of nitrogens with zero attached hydrogens (tertiary/aromatic N) is 2. The van der Waals surface area contributed by atoms with Gasteiger partial charge in [0.25, 0.3) is 0 Å². The highest BCUT2D eigenvalue weighted by atomic mass is 19.4. The second-order valence-corrected chi connectivity index (χ2v) is 6.63. The summed E-state index contributed by atoms with van der Waals surface area (Å²) < 4.78 is 41.6. The second kappa shape index (κ2) is 9.12. The van der Waals surface area contributed by atoms with Crippen molar-refractivity contribution in [1.29, 1.82) is 0 Å². The molecule has 0 aliphatic carbocycles. The molecule has 0 amide bonds. The maximum absolute atomic E-state index is 12.5. The Labute approximate surface area is 152 Å². The number of aliphatic imine (C=N–C) groups is 1. The van der Waals surface area contributed by atoms with Crippen LogP contribution < -0.4 is 15.4 Å². The maximum atomic E-state index is 12.5. The van der Waals surface area contributed by atoms with Crippen molar-refractivity contribution in [2.45, 2.75) is 51.7 Å². The van der Waals surface area contributed by atoms with Crippen molar-refractivity contribution in [2.75, 3.05) is 20.1 Å². The van der Waals surface area contributed by atoms with Crippen molar-refractivity contribution in [2.24, 2.45) is 4.99 Å². The first kappa shape index (κ1) is 20.4. The number of hydrogen-bond donors (Lipinski definition) is 2. The van der Waals surface area contributed by atoms with Gasteiger partial charge < -0.3 is 20.3 Å². The van der Waals surface area contributed by atoms with E-state index in [0.29, 0.717) is 23.6 Å². The molecule has 1 aromatic carbocycles. The Bertz CT molecular complexity index is 596. The largest absolute Gasteiger partial charge is 0.573 e. The van der Waals surface area contributed by atoms with Gasteiger partial charge in [0.15, 0.2) is 5.96 Å². The van der Waals surface area contributed by atoms with Gasteiger partial charge in [-0.2, -0.15) is 0 Å². The van der Waals surface area contributed by atoms with Gasteiger partial charge >= 0.3 is 6.36 Å². The molecule has 2 N–H and O–H groups in total. The molecular weight excluding hydrogens is 345 g/mol. The highest BCUT2D eigenvalue weighted by molar-refractivity contribution is 5.80. The smallest absolute Gasteiger partial charge is 0.405 e. The molecule has 2 rings (SSSR count). The van der Waals surface area contributed by atoms with Crippen LogP contribution >= 0.6 is 0 Å². The molecule has 0 spiro atoms. The number of rotatable bonds is 5. The van der Waals surface area contributed by atoms with Crippen molar-refractivity contribution in [3.63, 3.8) is 0 Å². The molecule has 0 saturated carbocycles. The number of para-hydroxylation sites is 1. The van der Waals surface area contributed by atoms with E-state index in [-0.39, 0.29) is 12.3 Å². The average molecular weight is 372 g/mol. The summed E-state index contributed by atoms with van der Waals surface area (Å²) in [4.78, 5) is 6.60. The molecule has 0 bridgehead atoms. The van der Waals surface area contributed by atoms with Crippen molar-refractivity contribution >= 4 is 5.96 Å². The molecule has 0 radical (unpaired) electrons. The molecule has 0 atom stereocenters. The molecule has 1 saturated heterocycles. The SMILES string of the molecule is CN=C(NCc1ccccc1OC(F)(F)F)NC1CCN(C(C)C)CC1. The van der Waals surface area contributed by atoms with Crippen molar-refractivity contribution < 1.29 is 17.9 Å². The molecule has 26 heavy (non-hydrogen) atoms. The lowest BCUT2D eigenvalue weighted by Crippen LogP contribution is -2.49. The molecule has 8 heteroatoms. The normalized spacial score (nSPS) is 17.4. The Kier molecular flexibility index (Phi) is 7.14. The third-order valence-corrected chi connectivity index (χ3v) is 4.47. The Hall–Kier alpha value is -1.96. The lowest BCUT2D eigenvalue weighted by molar-refractivity contribution is -0.274. The van der Waals surface area contributed by atoms with Gasteiger partial charge in [0.05, 0.1) is 0 Å². The standard InChI is InChI=1S/C18H27F3N4O/c1-13(2)25-10-8-15(9-11-25)24-17(22-3)23-12-14-6-4-5-7-16(14)26-18(19,20)21/h4-7,13,15H,8-12H2,1-3H3,(H2,22,23,24). The minimum absolute atomic E-state index is 0.191. The number of alkyl halides is 3. The van der Waals surface area contributed by atoms with Gasteiger partial charge in [0.2, 0.25) is 0 Å². The minimum Gasteiger partial charge on any atom is -0.405 e. The first-order chi connectivity index (χ1) is 12.3. The van der Waals surface area contributed by atoms with E-state index in [4.69, 9.17) is 0 Å². The number of halogens is 3. The fraction of sp³-hybridized carbons (Fsp3) is 0.611. The number of nitrogens with one attached hydrogen (secondary N) is 2. The van der Waals surface area contributed by atoms with Crippen LogP contribution in [0.3, 0.4) is 0 Å². The first-order valence-electron chi connectivity index (χ1n) is 8.83. The lowest BCUT2D eigenvalue weighted by atomic mass is 10.0. The van der Waals surface area contributed by atoms with E-state index in [2.05, 4.69) is 39.1 Å². The maximum Gasteiger partial charge on any atom is 0.573 e. The highest BCUT2D eigenvalue weighted by Crippen LogP contribution is 2.26. The van der Waals surface area contributed by atoms with Crippen molar-refractivity contribution in [3.8, 4) is 5.75 Å². The summed E-state index contributed by atoms with van der Waals surface area (Å²) in [5.41, 5.74) is 0.419. The quantitative estimate of drug-likeness (QED) is 0.616. The summed E-state index contributed by atoms with van der Waals surface area (Å²) >= 11 is 0.